The summed E-state index contributed by atoms with van der Waals surface area (Å²) in [5, 5.41) is 21.4. The van der Waals surface area contributed by atoms with E-state index in [2.05, 4.69) is 4.98 Å². The monoisotopic (exact) mass is 402 g/mol. The molecule has 0 spiro atoms. The van der Waals surface area contributed by atoms with E-state index in [-0.39, 0.29) is 16.0 Å². The van der Waals surface area contributed by atoms with Crippen LogP contribution in [0.4, 0.5) is 0 Å². The summed E-state index contributed by atoms with van der Waals surface area (Å²) in [5.41, 5.74) is -1.90. The van der Waals surface area contributed by atoms with E-state index < -0.39 is 28.3 Å². The minimum atomic E-state index is -3.91. The minimum Gasteiger partial charge on any atom is -0.423 e. The first-order valence-corrected chi connectivity index (χ1v) is 10.2. The van der Waals surface area contributed by atoms with Crippen LogP contribution in [-0.2, 0) is 14.7 Å². The van der Waals surface area contributed by atoms with Crippen molar-refractivity contribution in [2.24, 2.45) is 0 Å². The lowest BCUT2D eigenvalue weighted by Crippen LogP contribution is -2.53. The highest BCUT2D eigenvalue weighted by Crippen LogP contribution is 2.26. The molecule has 9 heteroatoms. The van der Waals surface area contributed by atoms with Crippen LogP contribution in [0.25, 0.3) is 11.0 Å². The highest BCUT2D eigenvalue weighted by molar-refractivity contribution is 7.90. The summed E-state index contributed by atoms with van der Waals surface area (Å²) in [4.78, 5) is 4.30. The van der Waals surface area contributed by atoms with Crippen molar-refractivity contribution in [1.82, 2.24) is 8.96 Å². The number of nitrogens with zero attached hydrogens (tertiary/aromatic N) is 2. The number of hydrogen-bond donors (Lipinski definition) is 2. The molecule has 28 heavy (non-hydrogen) atoms. The molecule has 0 amide bonds. The molecular formula is C19H23BN2O5S. The van der Waals surface area contributed by atoms with E-state index in [1.807, 2.05) is 0 Å². The fraction of sp³-hybridized carbons (Fsp3) is 0.316. The Labute approximate surface area is 164 Å². The third-order valence-corrected chi connectivity index (χ3v) is 6.67. The molecule has 2 heterocycles. The Morgan fingerprint density at radius 3 is 2.32 bits per heavy atom. The molecule has 0 unspecified atom stereocenters. The van der Waals surface area contributed by atoms with Crippen LogP contribution >= 0.6 is 0 Å². The molecule has 0 fully saturated rings. The van der Waals surface area contributed by atoms with Gasteiger partial charge in [0.1, 0.15) is 0 Å². The van der Waals surface area contributed by atoms with Crippen molar-refractivity contribution in [3.8, 4) is 0 Å². The summed E-state index contributed by atoms with van der Waals surface area (Å²) >= 11 is 0. The highest BCUT2D eigenvalue weighted by Gasteiger charge is 2.40. The zero-order valence-electron chi connectivity index (χ0n) is 16.2. The highest BCUT2D eigenvalue weighted by atomic mass is 32.2. The summed E-state index contributed by atoms with van der Waals surface area (Å²) in [5.74, 6) is 0. The van der Waals surface area contributed by atoms with Crippen molar-refractivity contribution in [2.45, 2.75) is 43.8 Å². The first-order valence-electron chi connectivity index (χ1n) is 8.80. The zero-order chi connectivity index (χ0) is 20.7. The first-order chi connectivity index (χ1) is 12.9. The second-order valence-corrected chi connectivity index (χ2v) is 9.43. The number of fused-ring (bicyclic) bond motifs is 1. The van der Waals surface area contributed by atoms with Gasteiger partial charge in [-0.2, -0.15) is 0 Å². The van der Waals surface area contributed by atoms with Gasteiger partial charge in [-0.25, -0.2) is 17.4 Å². The van der Waals surface area contributed by atoms with Gasteiger partial charge in [0.25, 0.3) is 10.0 Å². The predicted octanol–water partition coefficient (Wildman–Crippen LogP) is 1.53. The van der Waals surface area contributed by atoms with Crippen LogP contribution in [0.3, 0.4) is 0 Å². The lowest BCUT2D eigenvalue weighted by Gasteiger charge is -2.38. The largest absolute Gasteiger partial charge is 0.493 e. The van der Waals surface area contributed by atoms with Crippen molar-refractivity contribution >= 4 is 33.6 Å². The molecule has 3 rings (SSSR count). The molecule has 0 aliphatic heterocycles. The molecule has 0 radical (unpaired) electrons. The Morgan fingerprint density at radius 1 is 1.07 bits per heavy atom. The summed E-state index contributed by atoms with van der Waals surface area (Å²) in [6.45, 7) is 6.44. The fourth-order valence-electron chi connectivity index (χ4n) is 2.63. The molecule has 0 aliphatic carbocycles. The maximum Gasteiger partial charge on any atom is 0.493 e. The maximum atomic E-state index is 13.1. The van der Waals surface area contributed by atoms with Crippen LogP contribution in [0.15, 0.2) is 59.8 Å². The van der Waals surface area contributed by atoms with Gasteiger partial charge in [0.15, 0.2) is 5.65 Å². The maximum absolute atomic E-state index is 13.1. The van der Waals surface area contributed by atoms with Gasteiger partial charge in [-0.3, -0.25) is 0 Å². The number of hydrogen-bond acceptors (Lipinski definition) is 6. The molecule has 1 aromatic carbocycles. The van der Waals surface area contributed by atoms with E-state index in [0.29, 0.717) is 5.39 Å². The minimum absolute atomic E-state index is 0.108. The first kappa shape index (κ1) is 20.5. The summed E-state index contributed by atoms with van der Waals surface area (Å²) < 4.78 is 32.9. The summed E-state index contributed by atoms with van der Waals surface area (Å²) in [7, 11) is -5.37. The molecule has 0 bridgehead atoms. The van der Waals surface area contributed by atoms with Gasteiger partial charge in [0.05, 0.1) is 16.1 Å². The van der Waals surface area contributed by atoms with Gasteiger partial charge in [-0.1, -0.05) is 18.2 Å². The zero-order valence-corrected chi connectivity index (χ0v) is 17.0. The molecule has 0 saturated heterocycles. The van der Waals surface area contributed by atoms with Crippen molar-refractivity contribution in [1.29, 1.82) is 0 Å². The number of rotatable bonds is 6. The van der Waals surface area contributed by atoms with Crippen LogP contribution < -0.4 is 5.46 Å². The molecule has 0 atom stereocenters. The third-order valence-electron chi connectivity index (χ3n) is 5.01. The Morgan fingerprint density at radius 2 is 1.71 bits per heavy atom. The lowest BCUT2D eigenvalue weighted by molar-refractivity contribution is -0.0982. The molecule has 148 valence electrons. The summed E-state index contributed by atoms with van der Waals surface area (Å²) in [6.07, 6.45) is 2.79. The van der Waals surface area contributed by atoms with E-state index in [9.17, 15) is 18.5 Å². The number of aromatic nitrogens is 2. The number of pyridine rings is 1. The van der Waals surface area contributed by atoms with Crippen LogP contribution in [0.1, 0.15) is 27.7 Å². The predicted molar refractivity (Wildman–Crippen MR) is 108 cm³/mol. The van der Waals surface area contributed by atoms with E-state index in [1.54, 1.807) is 58.0 Å². The normalized spacial score (nSPS) is 13.1. The Kier molecular flexibility index (Phi) is 5.14. The summed E-state index contributed by atoms with van der Waals surface area (Å²) in [6, 6.07) is 11.3. The topological polar surface area (TPSA) is 102 Å². The van der Waals surface area contributed by atoms with Crippen molar-refractivity contribution in [2.75, 3.05) is 0 Å². The van der Waals surface area contributed by atoms with E-state index in [0.717, 1.165) is 3.97 Å². The molecule has 3 aromatic rings. The quantitative estimate of drug-likeness (QED) is 0.607. The van der Waals surface area contributed by atoms with Gasteiger partial charge in [0.2, 0.25) is 0 Å². The molecule has 0 aliphatic rings. The van der Waals surface area contributed by atoms with Gasteiger partial charge < -0.3 is 14.8 Å². The van der Waals surface area contributed by atoms with E-state index >= 15 is 0 Å². The average Bonchev–Trinajstić information content (AvgIpc) is 3.02. The van der Waals surface area contributed by atoms with Gasteiger partial charge in [0, 0.05) is 23.2 Å². The number of benzene rings is 1. The Bertz CT molecular complexity index is 1090. The molecule has 2 N–H and O–H groups in total. The van der Waals surface area contributed by atoms with Crippen molar-refractivity contribution in [3.05, 3.63) is 54.9 Å². The Hall–Kier alpha value is -2.20. The Balaban J connectivity index is 2.12. The third kappa shape index (κ3) is 3.58. The van der Waals surface area contributed by atoms with Crippen molar-refractivity contribution in [3.63, 3.8) is 0 Å². The molecule has 2 aromatic heterocycles. The second-order valence-electron chi connectivity index (χ2n) is 7.61. The second kappa shape index (κ2) is 7.00. The van der Waals surface area contributed by atoms with Crippen LogP contribution in [0.2, 0.25) is 0 Å². The smallest absolute Gasteiger partial charge is 0.423 e. The SMILES string of the molecule is CC(C)(O)C(C)(C)OB(O)c1cn(S(=O)(=O)c2ccccc2)c2ncccc12. The molecular weight excluding hydrogens is 379 g/mol. The lowest BCUT2D eigenvalue weighted by atomic mass is 9.76. The average molecular weight is 402 g/mol. The standard InChI is InChI=1S/C19H23BN2O5S/c1-18(2,23)19(3,4)27-20(24)16-13-22(17-15(16)11-8-12-21-17)28(25,26)14-9-6-5-7-10-14/h5-13,23-24H,1-4H3. The van der Waals surface area contributed by atoms with Crippen LogP contribution in [0, 0.1) is 0 Å². The molecule has 0 saturated carbocycles. The van der Waals surface area contributed by atoms with E-state index in [4.69, 9.17) is 4.65 Å². The van der Waals surface area contributed by atoms with Gasteiger partial charge in [-0.05, 0) is 52.0 Å². The van der Waals surface area contributed by atoms with Crippen LogP contribution in [-0.4, -0.2) is 45.8 Å². The van der Waals surface area contributed by atoms with Crippen LogP contribution in [0.5, 0.6) is 0 Å². The fourth-order valence-corrected chi connectivity index (χ4v) is 3.98. The van der Waals surface area contributed by atoms with E-state index in [1.165, 1.54) is 24.5 Å². The van der Waals surface area contributed by atoms with Gasteiger partial charge >= 0.3 is 7.12 Å². The molecule has 7 nitrogen and oxygen atoms in total. The van der Waals surface area contributed by atoms with Gasteiger partial charge in [-0.15, -0.1) is 0 Å². The van der Waals surface area contributed by atoms with Crippen molar-refractivity contribution < 1.29 is 23.2 Å². The number of aliphatic hydroxyl groups is 1.